The molecule has 5 heteroatoms. The van der Waals surface area contributed by atoms with Crippen molar-refractivity contribution in [2.24, 2.45) is 5.41 Å². The number of halogens is 2. The summed E-state index contributed by atoms with van der Waals surface area (Å²) in [6.45, 7) is 5.46. The Bertz CT molecular complexity index is 616. The summed E-state index contributed by atoms with van der Waals surface area (Å²) in [5, 5.41) is 4.60. The van der Waals surface area contributed by atoms with Crippen LogP contribution in [-0.2, 0) is 13.0 Å². The molecule has 0 bridgehead atoms. The van der Waals surface area contributed by atoms with Gasteiger partial charge in [-0.05, 0) is 46.3 Å². The molecule has 0 atom stereocenters. The lowest BCUT2D eigenvalue weighted by molar-refractivity contribution is 0.260. The summed E-state index contributed by atoms with van der Waals surface area (Å²) in [5.41, 5.74) is 3.00. The molecular weight excluding hydrogens is 309 g/mol. The fraction of sp³-hybridized carbons (Fsp3) is 0.429. The first-order chi connectivity index (χ1) is 8.96. The van der Waals surface area contributed by atoms with Gasteiger partial charge < -0.3 is 0 Å². The van der Waals surface area contributed by atoms with Gasteiger partial charge in [-0.2, -0.15) is 5.10 Å². The molecule has 3 heterocycles. The molecular formula is C14H15BrFN3. The number of nitrogens with zero attached hydrogens (tertiary/aromatic N) is 3. The standard InChI is InChI=1S/C14H15BrFN3/c1-14(2)5-6-19-11(7-14)12(15)13(18-19)10-4-3-9(16)8-17-10/h3-4,8H,5-7H2,1-2H3. The Hall–Kier alpha value is -1.23. The zero-order valence-electron chi connectivity index (χ0n) is 11.0. The van der Waals surface area contributed by atoms with Crippen LogP contribution in [0, 0.1) is 11.2 Å². The predicted octanol–water partition coefficient (Wildman–Crippen LogP) is 3.82. The minimum Gasteiger partial charge on any atom is -0.268 e. The average molecular weight is 324 g/mol. The third kappa shape index (κ3) is 2.31. The average Bonchev–Trinajstić information content (AvgIpc) is 2.67. The number of pyridine rings is 1. The van der Waals surface area contributed by atoms with Crippen molar-refractivity contribution in [2.45, 2.75) is 33.2 Å². The van der Waals surface area contributed by atoms with Crippen LogP contribution in [0.15, 0.2) is 22.8 Å². The second-order valence-corrected chi connectivity index (χ2v) is 6.58. The maximum absolute atomic E-state index is 12.9. The molecule has 0 radical (unpaired) electrons. The lowest BCUT2D eigenvalue weighted by Crippen LogP contribution is -2.26. The zero-order chi connectivity index (χ0) is 13.6. The molecule has 0 fully saturated rings. The molecule has 2 aromatic heterocycles. The second-order valence-electron chi connectivity index (χ2n) is 5.79. The van der Waals surface area contributed by atoms with E-state index in [1.165, 1.54) is 18.0 Å². The SMILES string of the molecule is CC1(C)CCn2nc(-c3ccc(F)cn3)c(Br)c2C1. The Morgan fingerprint density at radius 1 is 1.37 bits per heavy atom. The number of fused-ring (bicyclic) bond motifs is 1. The fourth-order valence-corrected chi connectivity index (χ4v) is 3.09. The van der Waals surface area contributed by atoms with Gasteiger partial charge in [0.15, 0.2) is 0 Å². The van der Waals surface area contributed by atoms with Gasteiger partial charge >= 0.3 is 0 Å². The van der Waals surface area contributed by atoms with E-state index in [0.29, 0.717) is 11.1 Å². The van der Waals surface area contributed by atoms with Crippen molar-refractivity contribution < 1.29 is 4.39 Å². The molecule has 0 aliphatic carbocycles. The van der Waals surface area contributed by atoms with Crippen LogP contribution in [-0.4, -0.2) is 14.8 Å². The highest BCUT2D eigenvalue weighted by Gasteiger charge is 2.29. The van der Waals surface area contributed by atoms with Crippen LogP contribution in [0.1, 0.15) is 26.0 Å². The Balaban J connectivity index is 2.06. The summed E-state index contributed by atoms with van der Waals surface area (Å²) in [6, 6.07) is 3.08. The number of hydrogen-bond donors (Lipinski definition) is 0. The van der Waals surface area contributed by atoms with Crippen LogP contribution >= 0.6 is 15.9 Å². The van der Waals surface area contributed by atoms with Crippen LogP contribution in [0.4, 0.5) is 4.39 Å². The highest BCUT2D eigenvalue weighted by atomic mass is 79.9. The number of hydrogen-bond acceptors (Lipinski definition) is 2. The number of aromatic nitrogens is 3. The van der Waals surface area contributed by atoms with E-state index in [2.05, 4.69) is 39.9 Å². The van der Waals surface area contributed by atoms with Gasteiger partial charge in [0.1, 0.15) is 11.5 Å². The molecule has 0 amide bonds. The minimum atomic E-state index is -0.329. The van der Waals surface area contributed by atoms with E-state index in [1.54, 1.807) is 6.07 Å². The molecule has 2 aromatic rings. The van der Waals surface area contributed by atoms with Crippen LogP contribution in [0.5, 0.6) is 0 Å². The molecule has 1 aliphatic rings. The maximum atomic E-state index is 12.9. The maximum Gasteiger partial charge on any atom is 0.141 e. The van der Waals surface area contributed by atoms with Crippen molar-refractivity contribution in [1.82, 2.24) is 14.8 Å². The van der Waals surface area contributed by atoms with E-state index in [9.17, 15) is 4.39 Å². The molecule has 0 saturated heterocycles. The molecule has 3 nitrogen and oxygen atoms in total. The smallest absolute Gasteiger partial charge is 0.141 e. The molecule has 19 heavy (non-hydrogen) atoms. The van der Waals surface area contributed by atoms with E-state index in [4.69, 9.17) is 0 Å². The van der Waals surface area contributed by atoms with Crippen LogP contribution in [0.3, 0.4) is 0 Å². The van der Waals surface area contributed by atoms with E-state index < -0.39 is 0 Å². The molecule has 0 spiro atoms. The van der Waals surface area contributed by atoms with Crippen molar-refractivity contribution in [3.63, 3.8) is 0 Å². The summed E-state index contributed by atoms with van der Waals surface area (Å²) in [5.74, 6) is -0.329. The predicted molar refractivity (Wildman–Crippen MR) is 75.2 cm³/mol. The Morgan fingerprint density at radius 2 is 2.16 bits per heavy atom. The van der Waals surface area contributed by atoms with Gasteiger partial charge in [0.05, 0.1) is 22.1 Å². The van der Waals surface area contributed by atoms with Gasteiger partial charge in [-0.15, -0.1) is 0 Å². The van der Waals surface area contributed by atoms with Crippen molar-refractivity contribution in [3.05, 3.63) is 34.3 Å². The van der Waals surface area contributed by atoms with Crippen LogP contribution in [0.2, 0.25) is 0 Å². The van der Waals surface area contributed by atoms with E-state index in [1.807, 2.05) is 4.68 Å². The summed E-state index contributed by atoms with van der Waals surface area (Å²) in [7, 11) is 0. The molecule has 0 N–H and O–H groups in total. The van der Waals surface area contributed by atoms with Crippen molar-refractivity contribution in [3.8, 4) is 11.4 Å². The summed E-state index contributed by atoms with van der Waals surface area (Å²) >= 11 is 3.63. The number of rotatable bonds is 1. The summed E-state index contributed by atoms with van der Waals surface area (Å²) in [4.78, 5) is 4.11. The van der Waals surface area contributed by atoms with Crippen molar-refractivity contribution in [1.29, 1.82) is 0 Å². The second kappa shape index (κ2) is 4.40. The van der Waals surface area contributed by atoms with Gasteiger partial charge in [0.2, 0.25) is 0 Å². The lowest BCUT2D eigenvalue weighted by atomic mass is 9.82. The van der Waals surface area contributed by atoms with E-state index >= 15 is 0 Å². The molecule has 0 unspecified atom stereocenters. The zero-order valence-corrected chi connectivity index (χ0v) is 12.5. The number of aryl methyl sites for hydroxylation is 1. The van der Waals surface area contributed by atoms with Gasteiger partial charge in [-0.3, -0.25) is 9.67 Å². The Labute approximate surface area is 120 Å². The van der Waals surface area contributed by atoms with Gasteiger partial charge in [-0.1, -0.05) is 13.8 Å². The Kier molecular flexibility index (Phi) is 2.96. The van der Waals surface area contributed by atoms with Crippen LogP contribution < -0.4 is 0 Å². The largest absolute Gasteiger partial charge is 0.268 e. The lowest BCUT2D eigenvalue weighted by Gasteiger charge is -2.30. The molecule has 3 rings (SSSR count). The highest BCUT2D eigenvalue weighted by Crippen LogP contribution is 2.38. The summed E-state index contributed by atoms with van der Waals surface area (Å²) in [6.07, 6.45) is 3.33. The Morgan fingerprint density at radius 3 is 2.84 bits per heavy atom. The molecule has 1 aliphatic heterocycles. The third-order valence-corrected chi connectivity index (χ3v) is 4.44. The van der Waals surface area contributed by atoms with E-state index in [0.717, 1.165) is 29.6 Å². The van der Waals surface area contributed by atoms with Gasteiger partial charge in [0.25, 0.3) is 0 Å². The molecule has 0 aromatic carbocycles. The first kappa shape index (κ1) is 12.8. The topological polar surface area (TPSA) is 30.7 Å². The first-order valence-corrected chi connectivity index (χ1v) is 7.13. The third-order valence-electron chi connectivity index (χ3n) is 3.61. The summed E-state index contributed by atoms with van der Waals surface area (Å²) < 4.78 is 16.0. The normalized spacial score (nSPS) is 17.3. The first-order valence-electron chi connectivity index (χ1n) is 6.33. The van der Waals surface area contributed by atoms with Crippen molar-refractivity contribution in [2.75, 3.05) is 0 Å². The minimum absolute atomic E-state index is 0.298. The molecule has 0 saturated carbocycles. The van der Waals surface area contributed by atoms with Crippen molar-refractivity contribution >= 4 is 15.9 Å². The monoisotopic (exact) mass is 323 g/mol. The van der Waals surface area contributed by atoms with Gasteiger partial charge in [0, 0.05) is 6.54 Å². The molecule has 100 valence electrons. The quantitative estimate of drug-likeness (QED) is 0.798. The van der Waals surface area contributed by atoms with Crippen LogP contribution in [0.25, 0.3) is 11.4 Å². The highest BCUT2D eigenvalue weighted by molar-refractivity contribution is 9.10. The van der Waals surface area contributed by atoms with E-state index in [-0.39, 0.29) is 5.82 Å². The van der Waals surface area contributed by atoms with Gasteiger partial charge in [-0.25, -0.2) is 4.39 Å². The fourth-order valence-electron chi connectivity index (χ4n) is 2.46.